The Morgan fingerprint density at radius 3 is 2.03 bits per heavy atom. The summed E-state index contributed by atoms with van der Waals surface area (Å²) >= 11 is 10.3. The number of ether oxygens (including phenoxy) is 1. The van der Waals surface area contributed by atoms with Gasteiger partial charge in [0.1, 0.15) is 11.5 Å². The van der Waals surface area contributed by atoms with E-state index in [9.17, 15) is 0 Å². The minimum atomic E-state index is -0.124. The Kier molecular flexibility index (Phi) is 12.1. The molecule has 1 aliphatic heterocycles. The average Bonchev–Trinajstić information content (AvgIpc) is 3.18. The fraction of sp³-hybridized carbons (Fsp3) is 0.636. The number of rotatable bonds is 8. The third kappa shape index (κ3) is 8.58. The van der Waals surface area contributed by atoms with Gasteiger partial charge in [0.25, 0.3) is 0 Å². The van der Waals surface area contributed by atoms with Gasteiger partial charge >= 0.3 is 17.1 Å². The van der Waals surface area contributed by atoms with E-state index in [0.717, 1.165) is 5.76 Å². The Balaban J connectivity index is 0.00000578. The minimum Gasteiger partial charge on any atom is -0.741 e. The molecule has 1 radical (unpaired) electrons. The van der Waals surface area contributed by atoms with Gasteiger partial charge in [0.2, 0.25) is 0 Å². The van der Waals surface area contributed by atoms with Gasteiger partial charge in [0.05, 0.1) is 25.5 Å². The second-order valence-electron chi connectivity index (χ2n) is 8.91. The molecule has 1 saturated heterocycles. The molecule has 0 aliphatic carbocycles. The van der Waals surface area contributed by atoms with Gasteiger partial charge in [-0.05, 0) is 70.9 Å². The number of nitrogens with zero attached hydrogens (tertiary/aromatic N) is 5. The van der Waals surface area contributed by atoms with Crippen LogP contribution in [0.15, 0.2) is 36.7 Å². The zero-order chi connectivity index (χ0) is 24.6. The molecule has 0 atom stereocenters. The first-order valence-corrected chi connectivity index (χ1v) is 11.8. The van der Waals surface area contributed by atoms with Gasteiger partial charge < -0.3 is 34.4 Å². The minimum absolute atomic E-state index is 0. The summed E-state index contributed by atoms with van der Waals surface area (Å²) in [7, 11) is 0. The molecule has 0 aromatic carbocycles. The smallest absolute Gasteiger partial charge is 0.741 e. The maximum Gasteiger partial charge on any atom is 2.00 e. The predicted molar refractivity (Wildman–Crippen MR) is 140 cm³/mol. The summed E-state index contributed by atoms with van der Waals surface area (Å²) in [6, 6.07) is 3.84. The average molecular weight is 557 g/mol. The summed E-state index contributed by atoms with van der Waals surface area (Å²) in [6.07, 6.45) is 0. The number of hydrogen-bond acceptors (Lipinski definition) is 9. The van der Waals surface area contributed by atoms with E-state index < -0.39 is 0 Å². The van der Waals surface area contributed by atoms with Gasteiger partial charge in [-0.2, -0.15) is 10.2 Å². The van der Waals surface area contributed by atoms with Crippen molar-refractivity contribution in [1.29, 1.82) is 0 Å². The molecule has 193 valence electrons. The number of nitrogens with one attached hydrogen (secondary N) is 2. The zero-order valence-electron chi connectivity index (χ0n) is 20.9. The Labute approximate surface area is 224 Å². The van der Waals surface area contributed by atoms with Crippen molar-refractivity contribution in [3.8, 4) is 0 Å². The molecule has 2 heterocycles. The zero-order valence-corrected chi connectivity index (χ0v) is 23.4. The molecule has 2 rings (SSSR count). The van der Waals surface area contributed by atoms with Gasteiger partial charge in [0, 0.05) is 24.2 Å². The molecule has 2 N–H and O–H groups in total. The SMILES string of the molecule is CCN=C([S-])N/N=C(/C(C)=N/NC([S-])=NCC)c1ccc(CN2C(C)(C)COCC2(C)C)o1.[Cu+2]. The first-order valence-electron chi connectivity index (χ1n) is 11.0. The van der Waals surface area contributed by atoms with E-state index in [2.05, 4.69) is 63.6 Å². The van der Waals surface area contributed by atoms with Gasteiger partial charge in [-0.25, -0.2) is 0 Å². The summed E-state index contributed by atoms with van der Waals surface area (Å²) in [5, 5.41) is 9.32. The van der Waals surface area contributed by atoms with Crippen LogP contribution in [0.4, 0.5) is 0 Å². The third-order valence-electron chi connectivity index (χ3n) is 5.11. The molecule has 1 aromatic rings. The second kappa shape index (κ2) is 13.5. The van der Waals surface area contributed by atoms with Crippen molar-refractivity contribution in [3.05, 3.63) is 23.7 Å². The molecule has 12 heteroatoms. The Morgan fingerprint density at radius 2 is 1.50 bits per heavy atom. The van der Waals surface area contributed by atoms with Crippen molar-refractivity contribution in [2.24, 2.45) is 20.2 Å². The van der Waals surface area contributed by atoms with Crippen LogP contribution in [-0.2, 0) is 53.6 Å². The number of aliphatic imine (C=N–C) groups is 2. The Bertz CT molecular complexity index is 910. The van der Waals surface area contributed by atoms with E-state index in [0.29, 0.717) is 55.2 Å². The van der Waals surface area contributed by atoms with Crippen molar-refractivity contribution in [1.82, 2.24) is 15.8 Å². The first-order chi connectivity index (χ1) is 15.5. The Morgan fingerprint density at radius 1 is 0.971 bits per heavy atom. The van der Waals surface area contributed by atoms with Crippen molar-refractivity contribution >= 4 is 47.0 Å². The summed E-state index contributed by atoms with van der Waals surface area (Å²) < 4.78 is 12.0. The molecule has 0 saturated carbocycles. The molecule has 34 heavy (non-hydrogen) atoms. The molecule has 1 aliphatic rings. The molecular weight excluding hydrogens is 522 g/mol. The van der Waals surface area contributed by atoms with Crippen molar-refractivity contribution in [3.63, 3.8) is 0 Å². The summed E-state index contributed by atoms with van der Waals surface area (Å²) in [5.74, 6) is 1.38. The van der Waals surface area contributed by atoms with Gasteiger partial charge in [-0.15, -0.1) is 0 Å². The standard InChI is InChI=1S/C22H37N7O2S2.Cu/c1-8-23-19(32)27-25-15(3)18(26-28-20(33)24-9-2)17-11-10-16(31-17)12-29-21(4,5)13-30-14-22(29,6)7;/h10-11H,8-9,12-14H2,1-7H3,(H2,23,27,32)(H2,24,28,33);/q;+2/p-2/b25-15+,26-18-;. The van der Waals surface area contributed by atoms with E-state index in [4.69, 9.17) is 34.4 Å². The van der Waals surface area contributed by atoms with Crippen LogP contribution in [0.1, 0.15) is 60.0 Å². The number of morpholine rings is 1. The molecule has 9 nitrogen and oxygen atoms in total. The Hall–Kier alpha value is -1.56. The third-order valence-corrected chi connectivity index (χ3v) is 5.55. The van der Waals surface area contributed by atoms with Gasteiger partial charge in [0.15, 0.2) is 5.76 Å². The summed E-state index contributed by atoms with van der Waals surface area (Å²) in [6.45, 7) is 17.4. The van der Waals surface area contributed by atoms with Crippen LogP contribution in [-0.4, -0.2) is 64.0 Å². The number of hydrogen-bond donors (Lipinski definition) is 2. The number of furan rings is 1. The summed E-state index contributed by atoms with van der Waals surface area (Å²) in [5.41, 5.74) is 6.36. The first kappa shape index (κ1) is 30.5. The molecule has 0 amide bonds. The maximum atomic E-state index is 6.21. The van der Waals surface area contributed by atoms with E-state index in [1.807, 2.05) is 26.0 Å². The van der Waals surface area contributed by atoms with Crippen LogP contribution >= 0.6 is 0 Å². The van der Waals surface area contributed by atoms with E-state index >= 15 is 0 Å². The molecule has 1 fully saturated rings. The van der Waals surface area contributed by atoms with Crippen LogP contribution in [0.5, 0.6) is 0 Å². The molecular formula is C22H35CuN7O2S2. The number of amidine groups is 2. The van der Waals surface area contributed by atoms with E-state index in [1.54, 1.807) is 6.92 Å². The topological polar surface area (TPSA) is 99.1 Å². The van der Waals surface area contributed by atoms with Crippen molar-refractivity contribution < 1.29 is 26.2 Å². The predicted octanol–water partition coefficient (Wildman–Crippen LogP) is 2.77. The number of hydrazone groups is 2. The van der Waals surface area contributed by atoms with Crippen LogP contribution in [0.25, 0.3) is 0 Å². The largest absolute Gasteiger partial charge is 2.00 e. The molecule has 0 spiro atoms. The molecule has 1 aromatic heterocycles. The van der Waals surface area contributed by atoms with Crippen molar-refractivity contribution in [2.75, 3.05) is 26.3 Å². The van der Waals surface area contributed by atoms with Gasteiger partial charge in [-0.3, -0.25) is 25.7 Å². The fourth-order valence-electron chi connectivity index (χ4n) is 3.66. The second-order valence-corrected chi connectivity index (χ2v) is 9.68. The normalized spacial score (nSPS) is 19.5. The quantitative estimate of drug-likeness (QED) is 0.167. The molecule has 0 unspecified atom stereocenters. The van der Waals surface area contributed by atoms with Crippen molar-refractivity contribution in [2.45, 2.75) is 66.1 Å². The van der Waals surface area contributed by atoms with Crippen LogP contribution < -0.4 is 10.9 Å². The summed E-state index contributed by atoms with van der Waals surface area (Å²) in [4.78, 5) is 10.6. The monoisotopic (exact) mass is 556 g/mol. The van der Waals surface area contributed by atoms with Crippen LogP contribution in [0.3, 0.4) is 0 Å². The van der Waals surface area contributed by atoms with Gasteiger partial charge in [-0.1, -0.05) is 0 Å². The molecule has 0 bridgehead atoms. The van der Waals surface area contributed by atoms with E-state index in [1.165, 1.54) is 0 Å². The van der Waals surface area contributed by atoms with Crippen LogP contribution in [0, 0.1) is 0 Å². The maximum absolute atomic E-state index is 6.21. The van der Waals surface area contributed by atoms with E-state index in [-0.39, 0.29) is 33.3 Å². The van der Waals surface area contributed by atoms with Crippen LogP contribution in [0.2, 0.25) is 0 Å². The fourth-order valence-corrected chi connectivity index (χ4v) is 4.01.